The number of carbonyl (C=O) groups is 1. The number of rotatable bonds is 3. The molecule has 2 saturated heterocycles. The van der Waals surface area contributed by atoms with Gasteiger partial charge in [0.25, 0.3) is 0 Å². The Labute approximate surface area is 99.9 Å². The number of hydrogen-bond donors (Lipinski definition) is 1. The van der Waals surface area contributed by atoms with Gasteiger partial charge in [-0.3, -0.25) is 4.79 Å². The van der Waals surface area contributed by atoms with Gasteiger partial charge in [-0.25, -0.2) is 8.42 Å². The molecule has 6 nitrogen and oxygen atoms in total. The van der Waals surface area contributed by atoms with Crippen molar-refractivity contribution in [2.75, 3.05) is 0 Å². The molecule has 0 aliphatic carbocycles. The molecular weight excluding hydrogens is 244 g/mol. The first-order chi connectivity index (χ1) is 7.89. The minimum atomic E-state index is -3.68. The molecule has 2 aliphatic heterocycles. The van der Waals surface area contributed by atoms with Crippen LogP contribution in [0.3, 0.4) is 0 Å². The Morgan fingerprint density at radius 3 is 2.65 bits per heavy atom. The average Bonchev–Trinajstić information content (AvgIpc) is 2.85. The van der Waals surface area contributed by atoms with Crippen molar-refractivity contribution >= 4 is 16.0 Å². The normalized spacial score (nSPS) is 34.5. The first-order valence-electron chi connectivity index (χ1n) is 5.54. The second-order valence-electron chi connectivity index (χ2n) is 4.63. The Morgan fingerprint density at radius 1 is 1.53 bits per heavy atom. The van der Waals surface area contributed by atoms with Gasteiger partial charge in [0.05, 0.1) is 12.0 Å². The Hall–Kier alpha value is -1.13. The molecule has 94 valence electrons. The number of sulfonamides is 1. The minimum absolute atomic E-state index is 0.234. The van der Waals surface area contributed by atoms with E-state index in [2.05, 4.69) is 0 Å². The van der Waals surface area contributed by atoms with Crippen LogP contribution in [0.25, 0.3) is 0 Å². The summed E-state index contributed by atoms with van der Waals surface area (Å²) in [6.07, 6.45) is 1.65. The molecule has 0 aromatic carbocycles. The van der Waals surface area contributed by atoms with E-state index in [0.29, 0.717) is 19.3 Å². The maximum absolute atomic E-state index is 12.1. The molecule has 2 bridgehead atoms. The molecule has 2 heterocycles. The van der Waals surface area contributed by atoms with Crippen LogP contribution in [0.1, 0.15) is 26.2 Å². The summed E-state index contributed by atoms with van der Waals surface area (Å²) in [6.45, 7) is 1.34. The van der Waals surface area contributed by atoms with E-state index in [1.54, 1.807) is 6.07 Å². The van der Waals surface area contributed by atoms with Gasteiger partial charge in [-0.1, -0.05) is 0 Å². The number of fused-ring (bicyclic) bond motifs is 2. The summed E-state index contributed by atoms with van der Waals surface area (Å²) in [6, 6.07) is 1.02. The van der Waals surface area contributed by atoms with E-state index in [4.69, 9.17) is 10.4 Å². The fourth-order valence-corrected chi connectivity index (χ4v) is 4.59. The highest BCUT2D eigenvalue weighted by Gasteiger charge is 2.55. The lowest BCUT2D eigenvalue weighted by Gasteiger charge is -2.23. The molecule has 0 spiro atoms. The number of carboxylic acids is 1. The third-order valence-corrected chi connectivity index (χ3v) is 5.87. The zero-order valence-electron chi connectivity index (χ0n) is 9.41. The van der Waals surface area contributed by atoms with Gasteiger partial charge in [0.15, 0.2) is 5.25 Å². The molecular formula is C10H14N2O4S. The maximum atomic E-state index is 12.1. The smallest absolute Gasteiger partial charge is 0.308 e. The number of nitriles is 1. The largest absolute Gasteiger partial charge is 0.481 e. The van der Waals surface area contributed by atoms with Gasteiger partial charge in [-0.05, 0) is 26.2 Å². The van der Waals surface area contributed by atoms with Crippen molar-refractivity contribution < 1.29 is 18.3 Å². The molecule has 2 aliphatic rings. The minimum Gasteiger partial charge on any atom is -0.481 e. The first-order valence-corrected chi connectivity index (χ1v) is 7.04. The molecule has 17 heavy (non-hydrogen) atoms. The SMILES string of the molecule is CC(C#N)S(=O)(=O)N1C2CCC1C(C(=O)O)C2. The van der Waals surface area contributed by atoms with E-state index in [1.165, 1.54) is 11.2 Å². The zero-order chi connectivity index (χ0) is 12.8. The molecule has 0 aromatic rings. The quantitative estimate of drug-likeness (QED) is 0.777. The van der Waals surface area contributed by atoms with Crippen LogP contribution in [0.4, 0.5) is 0 Å². The van der Waals surface area contributed by atoms with Crippen LogP contribution in [-0.4, -0.2) is 41.1 Å². The second-order valence-corrected chi connectivity index (χ2v) is 6.78. The summed E-state index contributed by atoms with van der Waals surface area (Å²) in [4.78, 5) is 11.0. The van der Waals surface area contributed by atoms with Crippen LogP contribution in [0.15, 0.2) is 0 Å². The monoisotopic (exact) mass is 258 g/mol. The fraction of sp³-hybridized carbons (Fsp3) is 0.800. The van der Waals surface area contributed by atoms with E-state index in [-0.39, 0.29) is 6.04 Å². The van der Waals surface area contributed by atoms with Gasteiger partial charge >= 0.3 is 5.97 Å². The van der Waals surface area contributed by atoms with Gasteiger partial charge in [-0.15, -0.1) is 0 Å². The van der Waals surface area contributed by atoms with Gasteiger partial charge in [0.1, 0.15) is 0 Å². The molecule has 0 amide bonds. The molecule has 4 unspecified atom stereocenters. The zero-order valence-corrected chi connectivity index (χ0v) is 10.2. The average molecular weight is 258 g/mol. The Balaban J connectivity index is 2.31. The van der Waals surface area contributed by atoms with Crippen molar-refractivity contribution in [1.82, 2.24) is 4.31 Å². The number of carboxylic acid groups (broad SMARTS) is 1. The molecule has 0 aromatic heterocycles. The molecule has 0 saturated carbocycles. The number of aliphatic carboxylic acids is 1. The lowest BCUT2D eigenvalue weighted by Crippen LogP contribution is -2.41. The molecule has 2 rings (SSSR count). The summed E-state index contributed by atoms with van der Waals surface area (Å²) in [7, 11) is -3.68. The van der Waals surface area contributed by atoms with Crippen molar-refractivity contribution in [2.45, 2.75) is 43.5 Å². The Morgan fingerprint density at radius 2 is 2.18 bits per heavy atom. The lowest BCUT2D eigenvalue weighted by atomic mass is 9.89. The van der Waals surface area contributed by atoms with Crippen LogP contribution < -0.4 is 0 Å². The lowest BCUT2D eigenvalue weighted by molar-refractivity contribution is -0.142. The van der Waals surface area contributed by atoms with Crippen molar-refractivity contribution in [3.63, 3.8) is 0 Å². The predicted octanol–water partition coefficient (Wildman–Crippen LogP) is 0.166. The molecule has 4 atom stereocenters. The van der Waals surface area contributed by atoms with E-state index < -0.39 is 33.2 Å². The topological polar surface area (TPSA) is 98.5 Å². The summed E-state index contributed by atoms with van der Waals surface area (Å²) in [5.74, 6) is -1.56. The summed E-state index contributed by atoms with van der Waals surface area (Å²) >= 11 is 0. The van der Waals surface area contributed by atoms with Crippen LogP contribution in [0.2, 0.25) is 0 Å². The first kappa shape index (κ1) is 12.3. The highest BCUT2D eigenvalue weighted by molar-refractivity contribution is 7.90. The van der Waals surface area contributed by atoms with Crippen molar-refractivity contribution in [3.8, 4) is 6.07 Å². The van der Waals surface area contributed by atoms with Crippen LogP contribution >= 0.6 is 0 Å². The van der Waals surface area contributed by atoms with Crippen molar-refractivity contribution in [1.29, 1.82) is 5.26 Å². The Bertz CT molecular complexity index is 481. The summed E-state index contributed by atoms with van der Waals surface area (Å²) in [5, 5.41) is 16.6. The standard InChI is InChI=1S/C10H14N2O4S/c1-6(5-11)17(15,16)12-7-2-3-9(12)8(4-7)10(13)14/h6-9H,2-4H2,1H3,(H,13,14). The maximum Gasteiger partial charge on any atom is 0.308 e. The van der Waals surface area contributed by atoms with E-state index >= 15 is 0 Å². The predicted molar refractivity (Wildman–Crippen MR) is 58.4 cm³/mol. The number of hydrogen-bond acceptors (Lipinski definition) is 4. The summed E-state index contributed by atoms with van der Waals surface area (Å²) < 4.78 is 25.5. The van der Waals surface area contributed by atoms with Gasteiger partial charge in [0, 0.05) is 12.1 Å². The number of nitrogens with zero attached hydrogens (tertiary/aromatic N) is 2. The van der Waals surface area contributed by atoms with Crippen LogP contribution in [0.5, 0.6) is 0 Å². The highest BCUT2D eigenvalue weighted by atomic mass is 32.2. The molecule has 1 N–H and O–H groups in total. The highest BCUT2D eigenvalue weighted by Crippen LogP contribution is 2.44. The van der Waals surface area contributed by atoms with Crippen LogP contribution in [-0.2, 0) is 14.8 Å². The van der Waals surface area contributed by atoms with Crippen molar-refractivity contribution in [2.24, 2.45) is 5.92 Å². The van der Waals surface area contributed by atoms with Crippen LogP contribution in [0, 0.1) is 17.2 Å². The molecule has 2 fully saturated rings. The second kappa shape index (κ2) is 3.96. The van der Waals surface area contributed by atoms with E-state index in [9.17, 15) is 13.2 Å². The van der Waals surface area contributed by atoms with E-state index in [1.807, 2.05) is 0 Å². The van der Waals surface area contributed by atoms with E-state index in [0.717, 1.165) is 0 Å². The summed E-state index contributed by atoms with van der Waals surface area (Å²) in [5.41, 5.74) is 0. The van der Waals surface area contributed by atoms with Gasteiger partial charge < -0.3 is 5.11 Å². The van der Waals surface area contributed by atoms with Gasteiger partial charge in [-0.2, -0.15) is 9.57 Å². The molecule has 0 radical (unpaired) electrons. The third-order valence-electron chi connectivity index (χ3n) is 3.71. The van der Waals surface area contributed by atoms with Gasteiger partial charge in [0.2, 0.25) is 10.0 Å². The Kier molecular flexibility index (Phi) is 2.87. The molecule has 7 heteroatoms. The van der Waals surface area contributed by atoms with Crippen molar-refractivity contribution in [3.05, 3.63) is 0 Å². The fourth-order valence-electron chi connectivity index (χ4n) is 2.85. The third kappa shape index (κ3) is 1.72.